The largest absolute Gasteiger partial charge is 0.388 e. The molecule has 4 nitrogen and oxygen atoms in total. The third kappa shape index (κ3) is 4.06. The van der Waals surface area contributed by atoms with E-state index in [1.807, 2.05) is 6.92 Å². The highest BCUT2D eigenvalue weighted by Gasteiger charge is 2.36. The van der Waals surface area contributed by atoms with Crippen molar-refractivity contribution in [3.8, 4) is 0 Å². The van der Waals surface area contributed by atoms with Crippen LogP contribution in [0.4, 0.5) is 5.82 Å². The van der Waals surface area contributed by atoms with E-state index < -0.39 is 5.60 Å². The lowest BCUT2D eigenvalue weighted by Crippen LogP contribution is -2.42. The monoisotopic (exact) mass is 297 g/mol. The van der Waals surface area contributed by atoms with Crippen LogP contribution in [0.15, 0.2) is 6.07 Å². The van der Waals surface area contributed by atoms with Crippen LogP contribution in [0, 0.1) is 5.41 Å². The molecule has 20 heavy (non-hydrogen) atoms. The number of anilines is 1. The van der Waals surface area contributed by atoms with Crippen LogP contribution in [0.25, 0.3) is 0 Å². The second-order valence-corrected chi connectivity index (χ2v) is 6.98. The lowest BCUT2D eigenvalue weighted by molar-refractivity contribution is -0.0145. The molecule has 2 rings (SSSR count). The molecule has 1 aromatic rings. The zero-order valence-electron chi connectivity index (χ0n) is 12.5. The van der Waals surface area contributed by atoms with E-state index >= 15 is 0 Å². The van der Waals surface area contributed by atoms with Gasteiger partial charge in [0.1, 0.15) is 16.8 Å². The number of aromatic nitrogens is 2. The molecule has 1 aromatic heterocycles. The van der Waals surface area contributed by atoms with Crippen molar-refractivity contribution in [2.24, 2.45) is 5.41 Å². The van der Waals surface area contributed by atoms with Crippen LogP contribution in [0.1, 0.15) is 52.3 Å². The molecular formula is C15H24ClN3O. The SMILES string of the molecule is CCc1nc(Cl)cc(NCC2(O)CCC(C)(C)CC2)n1. The van der Waals surface area contributed by atoms with E-state index in [2.05, 4.69) is 29.1 Å². The summed E-state index contributed by atoms with van der Waals surface area (Å²) < 4.78 is 0. The molecule has 0 saturated heterocycles. The second-order valence-electron chi connectivity index (χ2n) is 6.59. The van der Waals surface area contributed by atoms with Crippen LogP contribution < -0.4 is 5.32 Å². The Kier molecular flexibility index (Phi) is 4.55. The zero-order chi connectivity index (χ0) is 14.8. The maximum Gasteiger partial charge on any atom is 0.134 e. The molecule has 2 N–H and O–H groups in total. The minimum atomic E-state index is -0.640. The molecule has 5 heteroatoms. The summed E-state index contributed by atoms with van der Waals surface area (Å²) in [5.41, 5.74) is -0.293. The van der Waals surface area contributed by atoms with Gasteiger partial charge < -0.3 is 10.4 Å². The van der Waals surface area contributed by atoms with E-state index in [0.717, 1.165) is 37.9 Å². The predicted octanol–water partition coefficient (Wildman–Crippen LogP) is 3.44. The topological polar surface area (TPSA) is 58.0 Å². The Bertz CT molecular complexity index is 466. The summed E-state index contributed by atoms with van der Waals surface area (Å²) in [5, 5.41) is 14.3. The first-order chi connectivity index (χ1) is 9.32. The number of halogens is 1. The molecule has 1 saturated carbocycles. The summed E-state index contributed by atoms with van der Waals surface area (Å²) in [6, 6.07) is 1.71. The molecule has 0 radical (unpaired) electrons. The van der Waals surface area contributed by atoms with E-state index in [-0.39, 0.29) is 0 Å². The fourth-order valence-corrected chi connectivity index (χ4v) is 2.74. The first-order valence-electron chi connectivity index (χ1n) is 7.32. The van der Waals surface area contributed by atoms with Gasteiger partial charge in [0, 0.05) is 19.0 Å². The second kappa shape index (κ2) is 5.86. The maximum absolute atomic E-state index is 10.6. The van der Waals surface area contributed by atoms with Gasteiger partial charge in [0.05, 0.1) is 5.60 Å². The molecule has 0 unspecified atom stereocenters. The van der Waals surface area contributed by atoms with Gasteiger partial charge in [0.25, 0.3) is 0 Å². The van der Waals surface area contributed by atoms with Crippen molar-refractivity contribution < 1.29 is 5.11 Å². The molecular weight excluding hydrogens is 274 g/mol. The molecule has 1 aliphatic carbocycles. The van der Waals surface area contributed by atoms with E-state index in [1.165, 1.54) is 0 Å². The third-order valence-electron chi connectivity index (χ3n) is 4.19. The van der Waals surface area contributed by atoms with Crippen LogP contribution in [-0.2, 0) is 6.42 Å². The van der Waals surface area contributed by atoms with Gasteiger partial charge in [-0.2, -0.15) is 0 Å². The standard InChI is InChI=1S/C15H24ClN3O/c1-4-12-18-11(16)9-13(19-12)17-10-15(20)7-5-14(2,3)6-8-15/h9,20H,4-8,10H2,1-3H3,(H,17,18,19). The van der Waals surface area contributed by atoms with Crippen molar-refractivity contribution in [3.05, 3.63) is 17.0 Å². The van der Waals surface area contributed by atoms with Crippen molar-refractivity contribution in [3.63, 3.8) is 0 Å². The van der Waals surface area contributed by atoms with Gasteiger partial charge in [-0.25, -0.2) is 9.97 Å². The summed E-state index contributed by atoms with van der Waals surface area (Å²) in [6.45, 7) is 7.03. The van der Waals surface area contributed by atoms with Crippen LogP contribution in [0.5, 0.6) is 0 Å². The third-order valence-corrected chi connectivity index (χ3v) is 4.38. The van der Waals surface area contributed by atoms with Crippen molar-refractivity contribution in [2.45, 2.75) is 58.5 Å². The molecule has 1 aliphatic rings. The Morgan fingerprint density at radius 2 is 1.90 bits per heavy atom. The quantitative estimate of drug-likeness (QED) is 0.836. The average molecular weight is 298 g/mol. The minimum Gasteiger partial charge on any atom is -0.388 e. The van der Waals surface area contributed by atoms with Crippen LogP contribution in [0.3, 0.4) is 0 Å². The molecule has 0 bridgehead atoms. The van der Waals surface area contributed by atoms with Crippen molar-refractivity contribution in [2.75, 3.05) is 11.9 Å². The minimum absolute atomic E-state index is 0.347. The zero-order valence-corrected chi connectivity index (χ0v) is 13.3. The van der Waals surface area contributed by atoms with Crippen LogP contribution >= 0.6 is 11.6 Å². The Hall–Kier alpha value is -0.870. The molecule has 0 atom stereocenters. The number of hydrogen-bond acceptors (Lipinski definition) is 4. The normalized spacial score (nSPS) is 20.6. The molecule has 0 aliphatic heterocycles. The fraction of sp³-hybridized carbons (Fsp3) is 0.733. The fourth-order valence-electron chi connectivity index (χ4n) is 2.54. The highest BCUT2D eigenvalue weighted by Crippen LogP contribution is 2.40. The Morgan fingerprint density at radius 3 is 2.50 bits per heavy atom. The lowest BCUT2D eigenvalue weighted by atomic mass is 9.71. The number of aliphatic hydroxyl groups is 1. The van der Waals surface area contributed by atoms with Gasteiger partial charge in [-0.05, 0) is 31.1 Å². The molecule has 0 amide bonds. The van der Waals surface area contributed by atoms with Gasteiger partial charge in [0.2, 0.25) is 0 Å². The molecule has 112 valence electrons. The highest BCUT2D eigenvalue weighted by molar-refractivity contribution is 6.29. The summed E-state index contributed by atoms with van der Waals surface area (Å²) in [5.74, 6) is 1.41. The van der Waals surface area contributed by atoms with Crippen molar-refractivity contribution in [1.82, 2.24) is 9.97 Å². The molecule has 1 heterocycles. The molecule has 0 aromatic carbocycles. The Morgan fingerprint density at radius 1 is 1.25 bits per heavy atom. The number of aryl methyl sites for hydroxylation is 1. The van der Waals surface area contributed by atoms with Crippen molar-refractivity contribution >= 4 is 17.4 Å². The smallest absolute Gasteiger partial charge is 0.134 e. The van der Waals surface area contributed by atoms with E-state index in [4.69, 9.17) is 11.6 Å². The highest BCUT2D eigenvalue weighted by atomic mass is 35.5. The predicted molar refractivity (Wildman–Crippen MR) is 82.1 cm³/mol. The first kappa shape index (κ1) is 15.5. The first-order valence-corrected chi connectivity index (χ1v) is 7.69. The number of nitrogens with one attached hydrogen (secondary N) is 1. The van der Waals surface area contributed by atoms with Crippen molar-refractivity contribution in [1.29, 1.82) is 0 Å². The van der Waals surface area contributed by atoms with Crippen LogP contribution in [0.2, 0.25) is 5.15 Å². The van der Waals surface area contributed by atoms with Gasteiger partial charge >= 0.3 is 0 Å². The van der Waals surface area contributed by atoms with E-state index in [1.54, 1.807) is 6.07 Å². The number of hydrogen-bond donors (Lipinski definition) is 2. The summed E-state index contributed by atoms with van der Waals surface area (Å²) in [7, 11) is 0. The molecule has 0 spiro atoms. The van der Waals surface area contributed by atoms with Gasteiger partial charge in [-0.3, -0.25) is 0 Å². The maximum atomic E-state index is 10.6. The lowest BCUT2D eigenvalue weighted by Gasteiger charge is -2.40. The summed E-state index contributed by atoms with van der Waals surface area (Å²) in [4.78, 5) is 8.51. The average Bonchev–Trinajstić information content (AvgIpc) is 2.40. The van der Waals surface area contributed by atoms with E-state index in [0.29, 0.717) is 22.9 Å². The number of rotatable bonds is 4. The summed E-state index contributed by atoms with van der Waals surface area (Å²) >= 11 is 5.97. The number of nitrogens with zero attached hydrogens (tertiary/aromatic N) is 2. The van der Waals surface area contributed by atoms with Gasteiger partial charge in [0.15, 0.2) is 0 Å². The van der Waals surface area contributed by atoms with Gasteiger partial charge in [-0.15, -0.1) is 0 Å². The van der Waals surface area contributed by atoms with Crippen LogP contribution in [-0.4, -0.2) is 27.2 Å². The Balaban J connectivity index is 1.97. The van der Waals surface area contributed by atoms with E-state index in [9.17, 15) is 5.11 Å². The van der Waals surface area contributed by atoms with Gasteiger partial charge in [-0.1, -0.05) is 32.4 Å². The molecule has 1 fully saturated rings. The summed E-state index contributed by atoms with van der Waals surface area (Å²) in [6.07, 6.45) is 4.50. The Labute approximate surface area is 126 Å².